The van der Waals surface area contributed by atoms with Crippen LogP contribution in [0.3, 0.4) is 0 Å². The van der Waals surface area contributed by atoms with Crippen molar-refractivity contribution in [3.63, 3.8) is 0 Å². The molecule has 0 radical (unpaired) electrons. The van der Waals surface area contributed by atoms with Gasteiger partial charge in [0.25, 0.3) is 5.91 Å². The third-order valence-electron chi connectivity index (χ3n) is 7.13. The number of hydrogen-bond acceptors (Lipinski definition) is 7. The number of aromatic hydroxyl groups is 1. The number of H-pyrrole nitrogens is 1. The number of fused-ring (bicyclic) bond motifs is 1. The van der Waals surface area contributed by atoms with Crippen molar-refractivity contribution >= 4 is 15.7 Å². The Labute approximate surface area is 215 Å². The van der Waals surface area contributed by atoms with Crippen molar-refractivity contribution in [1.29, 1.82) is 0 Å². The normalized spacial score (nSPS) is 20.2. The second kappa shape index (κ2) is 9.26. The van der Waals surface area contributed by atoms with Gasteiger partial charge in [0, 0.05) is 17.2 Å². The minimum absolute atomic E-state index is 0.0306. The van der Waals surface area contributed by atoms with Gasteiger partial charge in [-0.3, -0.25) is 9.89 Å². The van der Waals surface area contributed by atoms with Crippen molar-refractivity contribution in [3.8, 4) is 28.5 Å². The number of rotatable bonds is 7. The van der Waals surface area contributed by atoms with Gasteiger partial charge in [-0.1, -0.05) is 18.7 Å². The number of aryl methyl sites for hydroxylation is 2. The maximum Gasteiger partial charge on any atom is 0.273 e. The van der Waals surface area contributed by atoms with Crippen LogP contribution >= 0.6 is 0 Å². The molecule has 2 N–H and O–H groups in total. The molecule has 0 aliphatic carbocycles. The molecule has 1 saturated heterocycles. The summed E-state index contributed by atoms with van der Waals surface area (Å²) in [6, 6.07) is 7.77. The summed E-state index contributed by atoms with van der Waals surface area (Å²) in [4.78, 5) is 15.4. The second-order valence-corrected chi connectivity index (χ2v) is 11.7. The fourth-order valence-corrected chi connectivity index (χ4v) is 6.89. The minimum atomic E-state index is -3.26. The van der Waals surface area contributed by atoms with E-state index in [2.05, 4.69) is 16.8 Å². The summed E-state index contributed by atoms with van der Waals surface area (Å²) in [6.07, 6.45) is 1.98. The van der Waals surface area contributed by atoms with E-state index in [9.17, 15) is 18.3 Å². The van der Waals surface area contributed by atoms with E-state index in [-0.39, 0.29) is 28.9 Å². The van der Waals surface area contributed by atoms with Crippen LogP contribution in [0, 0.1) is 13.8 Å². The highest BCUT2D eigenvalue weighted by Crippen LogP contribution is 2.48. The number of sulfone groups is 1. The summed E-state index contributed by atoms with van der Waals surface area (Å²) in [5, 5.41) is 18.1. The number of aromatic amines is 1. The van der Waals surface area contributed by atoms with Gasteiger partial charge >= 0.3 is 0 Å². The number of phenolic OH excluding ortho intramolecular Hbond substituents is 1. The van der Waals surface area contributed by atoms with E-state index in [1.54, 1.807) is 29.2 Å². The summed E-state index contributed by atoms with van der Waals surface area (Å²) >= 11 is 0. The molecule has 37 heavy (non-hydrogen) atoms. The number of aromatic nitrogens is 2. The van der Waals surface area contributed by atoms with Crippen LogP contribution in [0.2, 0.25) is 0 Å². The number of methoxy groups -OCH3 is 1. The quantitative estimate of drug-likeness (QED) is 0.453. The van der Waals surface area contributed by atoms with Gasteiger partial charge in [-0.05, 0) is 61.2 Å². The number of benzene rings is 2. The molecule has 1 aromatic heterocycles. The lowest BCUT2D eigenvalue weighted by Crippen LogP contribution is -2.40. The number of amides is 1. The van der Waals surface area contributed by atoms with E-state index in [0.29, 0.717) is 46.9 Å². The average Bonchev–Trinajstić information content (AvgIpc) is 3.53. The first-order chi connectivity index (χ1) is 17.6. The number of hydrogen-bond donors (Lipinski definition) is 2. The predicted octanol–water partition coefficient (Wildman–Crippen LogP) is 3.70. The maximum absolute atomic E-state index is 13.7. The fourth-order valence-electron chi connectivity index (χ4n) is 5.18. The van der Waals surface area contributed by atoms with E-state index in [1.807, 2.05) is 26.0 Å². The Morgan fingerprint density at radius 3 is 2.65 bits per heavy atom. The summed E-state index contributed by atoms with van der Waals surface area (Å²) in [5.41, 5.74) is 4.43. The van der Waals surface area contributed by atoms with Gasteiger partial charge in [0.05, 0.1) is 24.7 Å². The smallest absolute Gasteiger partial charge is 0.273 e. The Morgan fingerprint density at radius 1 is 1.22 bits per heavy atom. The molecule has 2 aliphatic rings. The molecule has 10 heteroatoms. The predicted molar refractivity (Wildman–Crippen MR) is 139 cm³/mol. The Kier molecular flexibility index (Phi) is 6.23. The third kappa shape index (κ3) is 4.25. The monoisotopic (exact) mass is 523 g/mol. The summed E-state index contributed by atoms with van der Waals surface area (Å²) in [7, 11) is -1.72. The summed E-state index contributed by atoms with van der Waals surface area (Å²) in [6.45, 7) is 7.82. The summed E-state index contributed by atoms with van der Waals surface area (Å²) in [5.74, 6) is 0.645. The van der Waals surface area contributed by atoms with Gasteiger partial charge < -0.3 is 19.5 Å². The van der Waals surface area contributed by atoms with Gasteiger partial charge in [0.2, 0.25) is 0 Å². The van der Waals surface area contributed by atoms with Crippen molar-refractivity contribution < 1.29 is 27.8 Å². The van der Waals surface area contributed by atoms with Gasteiger partial charge in [0.1, 0.15) is 23.7 Å². The highest BCUT2D eigenvalue weighted by atomic mass is 32.2. The molecular formula is C27H29N3O6S. The topological polar surface area (TPSA) is 122 Å². The van der Waals surface area contributed by atoms with E-state index in [0.717, 1.165) is 11.1 Å². The molecule has 2 unspecified atom stereocenters. The first-order valence-electron chi connectivity index (χ1n) is 12.0. The number of phenols is 1. The molecular weight excluding hydrogens is 494 g/mol. The number of carbonyl (C=O) groups excluding carboxylic acids is 1. The lowest BCUT2D eigenvalue weighted by atomic mass is 9.93. The van der Waals surface area contributed by atoms with Crippen molar-refractivity contribution in [2.45, 2.75) is 32.4 Å². The van der Waals surface area contributed by atoms with E-state index in [1.165, 1.54) is 7.11 Å². The van der Waals surface area contributed by atoms with Crippen LogP contribution in [0.5, 0.6) is 17.2 Å². The molecule has 0 bridgehead atoms. The largest absolute Gasteiger partial charge is 0.507 e. The van der Waals surface area contributed by atoms with Crippen molar-refractivity contribution in [3.05, 3.63) is 70.9 Å². The zero-order chi connectivity index (χ0) is 26.5. The third-order valence-corrected chi connectivity index (χ3v) is 8.88. The Balaban J connectivity index is 1.69. The molecule has 1 amide bonds. The van der Waals surface area contributed by atoms with Crippen molar-refractivity contribution in [2.75, 3.05) is 25.2 Å². The maximum atomic E-state index is 13.7. The Morgan fingerprint density at radius 2 is 1.97 bits per heavy atom. The number of nitrogens with one attached hydrogen (secondary N) is 1. The van der Waals surface area contributed by atoms with Crippen LogP contribution in [0.15, 0.2) is 43.0 Å². The molecule has 9 nitrogen and oxygen atoms in total. The van der Waals surface area contributed by atoms with Crippen molar-refractivity contribution in [2.24, 2.45) is 0 Å². The minimum Gasteiger partial charge on any atom is -0.507 e. The van der Waals surface area contributed by atoms with Crippen LogP contribution in [0.1, 0.15) is 45.2 Å². The number of carbonyl (C=O) groups is 1. The van der Waals surface area contributed by atoms with E-state index in [4.69, 9.17) is 9.47 Å². The molecule has 5 rings (SSSR count). The lowest BCUT2D eigenvalue weighted by molar-refractivity contribution is 0.0677. The van der Waals surface area contributed by atoms with Gasteiger partial charge in [-0.25, -0.2) is 8.42 Å². The lowest BCUT2D eigenvalue weighted by Gasteiger charge is -2.31. The molecule has 0 spiro atoms. The number of nitrogens with zero attached hydrogens (tertiary/aromatic N) is 2. The first kappa shape index (κ1) is 24.9. The Hall–Kier alpha value is -3.79. The average molecular weight is 524 g/mol. The zero-order valence-electron chi connectivity index (χ0n) is 20.9. The molecule has 194 valence electrons. The van der Waals surface area contributed by atoms with Crippen LogP contribution in [0.25, 0.3) is 11.3 Å². The number of ether oxygens (including phenoxy) is 2. The Bertz CT molecular complexity index is 1510. The SMILES string of the molecule is C=CCOc1ccc(C2c3c(-c4cc(C)c(C)cc4O)n[nH]c3C(=O)N2C2CCS(=O)(=O)C2)cc1OC. The molecule has 1 fully saturated rings. The van der Waals surface area contributed by atoms with E-state index < -0.39 is 21.9 Å². The van der Waals surface area contributed by atoms with Crippen LogP contribution in [-0.4, -0.2) is 65.8 Å². The van der Waals surface area contributed by atoms with Gasteiger partial charge in [0.15, 0.2) is 21.3 Å². The molecule has 2 aliphatic heterocycles. The van der Waals surface area contributed by atoms with Crippen LogP contribution in [-0.2, 0) is 9.84 Å². The van der Waals surface area contributed by atoms with E-state index >= 15 is 0 Å². The standard InChI is InChI=1S/C27H29N3O6S/c1-5-9-36-21-7-6-17(13-22(21)35-4)26-23-24(19-11-15(2)16(3)12-20(19)31)28-29-25(23)27(32)30(26)18-8-10-37(33,34)14-18/h5-7,11-13,18,26,31H,1,8-10,14H2,2-4H3,(H,28,29). The first-order valence-corrected chi connectivity index (χ1v) is 13.8. The molecule has 2 aromatic carbocycles. The van der Waals surface area contributed by atoms with Crippen LogP contribution < -0.4 is 9.47 Å². The van der Waals surface area contributed by atoms with Crippen LogP contribution in [0.4, 0.5) is 0 Å². The summed E-state index contributed by atoms with van der Waals surface area (Å²) < 4.78 is 36.0. The van der Waals surface area contributed by atoms with Crippen molar-refractivity contribution in [1.82, 2.24) is 15.1 Å². The highest BCUT2D eigenvalue weighted by Gasteiger charge is 2.48. The fraction of sp³-hybridized carbons (Fsp3) is 0.333. The van der Waals surface area contributed by atoms with Gasteiger partial charge in [-0.2, -0.15) is 5.10 Å². The molecule has 3 aromatic rings. The van der Waals surface area contributed by atoms with Gasteiger partial charge in [-0.15, -0.1) is 0 Å². The molecule has 0 saturated carbocycles. The highest BCUT2D eigenvalue weighted by molar-refractivity contribution is 7.91. The molecule has 2 atom stereocenters. The zero-order valence-corrected chi connectivity index (χ0v) is 21.8. The molecule has 3 heterocycles. The second-order valence-electron chi connectivity index (χ2n) is 9.50.